The number of carbonyl (C=O) groups is 1. The molecule has 0 aromatic carbocycles. The fourth-order valence-corrected chi connectivity index (χ4v) is 0. The van der Waals surface area contributed by atoms with Crippen LogP contribution in [0.15, 0.2) is 0 Å². The van der Waals surface area contributed by atoms with E-state index in [-0.39, 0.29) is 0 Å². The Balaban J connectivity index is 3.35. The van der Waals surface area contributed by atoms with Crippen molar-refractivity contribution in [3.8, 4) is 6.07 Å². The maximum absolute atomic E-state index is 9.34. The van der Waals surface area contributed by atoms with Crippen LogP contribution in [0, 0.1) is 18.3 Å². The molecule has 0 aromatic rings. The first-order valence-electron chi connectivity index (χ1n) is 1.03. The lowest BCUT2D eigenvalue weighted by Gasteiger charge is -1.52. The van der Waals surface area contributed by atoms with Crippen molar-refractivity contribution >= 4 is 5.78 Å². The fourth-order valence-electron chi connectivity index (χ4n) is 0. The number of hydrogen-bond acceptors (Lipinski definition) is 2. The highest BCUT2D eigenvalue weighted by molar-refractivity contribution is 5.96. The van der Waals surface area contributed by atoms with Crippen molar-refractivity contribution in [1.29, 1.82) is 5.26 Å². The summed E-state index contributed by atoms with van der Waals surface area (Å²) in [5.41, 5.74) is 0. The first-order chi connectivity index (χ1) is 2.27. The van der Waals surface area contributed by atoms with Crippen molar-refractivity contribution in [1.82, 2.24) is 0 Å². The average Bonchev–Trinajstić information content (AvgIpc) is 1.38. The Labute approximate surface area is 30.0 Å². The summed E-state index contributed by atoms with van der Waals surface area (Å²) < 4.78 is 0. The van der Waals surface area contributed by atoms with E-state index in [4.69, 9.17) is 5.26 Å². The van der Waals surface area contributed by atoms with Gasteiger partial charge in [0, 0.05) is 6.92 Å². The lowest BCUT2D eigenvalue weighted by atomic mass is 10.5. The molecule has 0 unspecified atom stereocenters. The standard InChI is InChI=1S/C3H2NO/c1-3(5)2-4/h1H2. The highest BCUT2D eigenvalue weighted by Gasteiger charge is 1.75. The number of nitrogens with zero attached hydrogens (tertiary/aromatic N) is 1. The van der Waals surface area contributed by atoms with Crippen LogP contribution in [0.4, 0.5) is 0 Å². The minimum atomic E-state index is -0.690. The van der Waals surface area contributed by atoms with Crippen molar-refractivity contribution in [2.75, 3.05) is 0 Å². The topological polar surface area (TPSA) is 40.9 Å². The molecule has 2 heteroatoms. The fraction of sp³-hybridized carbons (Fsp3) is 0. The number of carbonyl (C=O) groups excluding carboxylic acids is 1. The van der Waals surface area contributed by atoms with Crippen LogP contribution in [0.3, 0.4) is 0 Å². The Morgan fingerprint density at radius 2 is 2.20 bits per heavy atom. The van der Waals surface area contributed by atoms with Crippen LogP contribution in [-0.2, 0) is 4.79 Å². The van der Waals surface area contributed by atoms with E-state index < -0.39 is 5.78 Å². The number of ketones is 1. The second-order valence-corrected chi connectivity index (χ2v) is 0.535. The molecule has 25 valence electrons. The summed E-state index contributed by atoms with van der Waals surface area (Å²) in [6.45, 7) is 2.76. The van der Waals surface area contributed by atoms with Gasteiger partial charge in [0.25, 0.3) is 0 Å². The van der Waals surface area contributed by atoms with Gasteiger partial charge in [-0.1, -0.05) is 0 Å². The minimum absolute atomic E-state index is 0.690. The van der Waals surface area contributed by atoms with Gasteiger partial charge in [0.1, 0.15) is 6.07 Å². The molecule has 0 bridgehead atoms. The molecular weight excluding hydrogens is 66.0 g/mol. The van der Waals surface area contributed by atoms with Crippen LogP contribution in [0.2, 0.25) is 0 Å². The molecular formula is C3H2NO. The molecule has 0 heterocycles. The van der Waals surface area contributed by atoms with Crippen molar-refractivity contribution in [3.05, 3.63) is 6.92 Å². The molecule has 0 aromatic heterocycles. The van der Waals surface area contributed by atoms with Gasteiger partial charge in [0.15, 0.2) is 0 Å². The molecule has 0 N–H and O–H groups in total. The highest BCUT2D eigenvalue weighted by atomic mass is 16.1. The molecule has 0 spiro atoms. The zero-order chi connectivity index (χ0) is 4.28. The van der Waals surface area contributed by atoms with E-state index in [1.165, 1.54) is 6.07 Å². The van der Waals surface area contributed by atoms with E-state index in [0.717, 1.165) is 0 Å². The maximum atomic E-state index is 9.34. The molecule has 2 nitrogen and oxygen atoms in total. The Kier molecular flexibility index (Phi) is 1.23. The third-order valence-electron chi connectivity index (χ3n) is 0.125. The second-order valence-electron chi connectivity index (χ2n) is 0.535. The molecule has 5 heavy (non-hydrogen) atoms. The summed E-state index contributed by atoms with van der Waals surface area (Å²) in [5.74, 6) is -0.690. The van der Waals surface area contributed by atoms with Gasteiger partial charge in [-0.2, -0.15) is 5.26 Å². The summed E-state index contributed by atoms with van der Waals surface area (Å²) in [4.78, 5) is 9.34. The van der Waals surface area contributed by atoms with Crippen LogP contribution >= 0.6 is 0 Å². The zero-order valence-electron chi connectivity index (χ0n) is 2.56. The lowest BCUT2D eigenvalue weighted by Crippen LogP contribution is -1.76. The van der Waals surface area contributed by atoms with Gasteiger partial charge >= 0.3 is 0 Å². The SMILES string of the molecule is [CH2]C(=O)C#N. The van der Waals surface area contributed by atoms with Crippen molar-refractivity contribution < 1.29 is 4.79 Å². The molecule has 1 radical (unpaired) electrons. The van der Waals surface area contributed by atoms with Gasteiger partial charge < -0.3 is 0 Å². The first kappa shape index (κ1) is 4.16. The normalized spacial score (nSPS) is 5.60. The molecule has 0 saturated heterocycles. The van der Waals surface area contributed by atoms with Gasteiger partial charge in [-0.15, -0.1) is 0 Å². The monoisotopic (exact) mass is 68.0 g/mol. The third kappa shape index (κ3) is 3.16. The minimum Gasteiger partial charge on any atom is -0.283 e. The van der Waals surface area contributed by atoms with Gasteiger partial charge in [0.05, 0.1) is 0 Å². The molecule has 0 aliphatic rings. The van der Waals surface area contributed by atoms with Crippen molar-refractivity contribution in [2.45, 2.75) is 0 Å². The number of hydrogen-bond donors (Lipinski definition) is 0. The van der Waals surface area contributed by atoms with Gasteiger partial charge in [-0.3, -0.25) is 4.79 Å². The number of Topliss-reactive ketones (excluding diaryl/α,β-unsaturated/α-hetero) is 1. The molecule has 0 fully saturated rings. The summed E-state index contributed by atoms with van der Waals surface area (Å²) in [6.07, 6.45) is 0. The highest BCUT2D eigenvalue weighted by Crippen LogP contribution is 1.51. The first-order valence-corrected chi connectivity index (χ1v) is 1.03. The molecule has 0 atom stereocenters. The van der Waals surface area contributed by atoms with Crippen LogP contribution in [-0.4, -0.2) is 5.78 Å². The summed E-state index contributed by atoms with van der Waals surface area (Å²) in [7, 11) is 0. The average molecular weight is 68.1 g/mol. The molecule has 0 saturated carbocycles. The molecule has 0 aliphatic carbocycles. The van der Waals surface area contributed by atoms with E-state index in [0.29, 0.717) is 0 Å². The van der Waals surface area contributed by atoms with Gasteiger partial charge in [0.2, 0.25) is 5.78 Å². The van der Waals surface area contributed by atoms with Crippen LogP contribution < -0.4 is 0 Å². The predicted octanol–water partition coefficient (Wildman–Crippen LogP) is -0.0868. The Morgan fingerprint density at radius 3 is 2.20 bits per heavy atom. The quantitative estimate of drug-likeness (QED) is 0.372. The van der Waals surface area contributed by atoms with Crippen LogP contribution in [0.5, 0.6) is 0 Å². The van der Waals surface area contributed by atoms with E-state index in [9.17, 15) is 4.79 Å². The third-order valence-corrected chi connectivity index (χ3v) is 0.125. The summed E-state index contributed by atoms with van der Waals surface area (Å²) in [5, 5.41) is 7.48. The smallest absolute Gasteiger partial charge is 0.232 e. The van der Waals surface area contributed by atoms with E-state index in [1.807, 2.05) is 0 Å². The van der Waals surface area contributed by atoms with Crippen LogP contribution in [0.1, 0.15) is 0 Å². The molecule has 0 aliphatic heterocycles. The number of rotatable bonds is 0. The predicted molar refractivity (Wildman–Crippen MR) is 16.0 cm³/mol. The Bertz CT molecular complexity index is 79.4. The van der Waals surface area contributed by atoms with Gasteiger partial charge in [-0.25, -0.2) is 0 Å². The van der Waals surface area contributed by atoms with E-state index in [2.05, 4.69) is 6.92 Å². The van der Waals surface area contributed by atoms with E-state index >= 15 is 0 Å². The Morgan fingerprint density at radius 1 is 2.00 bits per heavy atom. The molecule has 0 amide bonds. The van der Waals surface area contributed by atoms with Crippen molar-refractivity contribution in [3.63, 3.8) is 0 Å². The Hall–Kier alpha value is -0.840. The summed E-state index contributed by atoms with van der Waals surface area (Å²) in [6, 6.07) is 1.28. The zero-order valence-corrected chi connectivity index (χ0v) is 2.56. The van der Waals surface area contributed by atoms with Crippen molar-refractivity contribution in [2.24, 2.45) is 0 Å². The summed E-state index contributed by atoms with van der Waals surface area (Å²) >= 11 is 0. The van der Waals surface area contributed by atoms with E-state index in [1.54, 1.807) is 0 Å². The second kappa shape index (κ2) is 1.48. The maximum Gasteiger partial charge on any atom is 0.232 e. The number of nitriles is 1. The molecule has 0 rings (SSSR count). The lowest BCUT2D eigenvalue weighted by molar-refractivity contribution is -0.110. The van der Waals surface area contributed by atoms with Crippen LogP contribution in [0.25, 0.3) is 0 Å². The largest absolute Gasteiger partial charge is 0.283 e. The van der Waals surface area contributed by atoms with Gasteiger partial charge in [-0.05, 0) is 0 Å².